The number of aromatic nitrogens is 3. The van der Waals surface area contributed by atoms with E-state index in [1.807, 2.05) is 34.9 Å². The van der Waals surface area contributed by atoms with Gasteiger partial charge in [0.05, 0.1) is 6.04 Å². The Morgan fingerprint density at radius 2 is 2.14 bits per heavy atom. The molecule has 3 rings (SSSR count). The van der Waals surface area contributed by atoms with Crippen molar-refractivity contribution in [2.45, 2.75) is 18.9 Å². The summed E-state index contributed by atoms with van der Waals surface area (Å²) in [5, 5.41) is 0. The van der Waals surface area contributed by atoms with Crippen LogP contribution in [0.15, 0.2) is 27.9 Å². The molecule has 1 atom stereocenters. The zero-order chi connectivity index (χ0) is 15.9. The molecule has 22 heavy (non-hydrogen) atoms. The van der Waals surface area contributed by atoms with E-state index >= 15 is 0 Å². The largest absolute Gasteiger partial charge is 0.392 e. The van der Waals surface area contributed by atoms with Crippen molar-refractivity contribution >= 4 is 11.6 Å². The maximum Gasteiger partial charge on any atom is 0.326 e. The van der Waals surface area contributed by atoms with Gasteiger partial charge in [-0.25, -0.2) is 4.79 Å². The summed E-state index contributed by atoms with van der Waals surface area (Å²) in [6.07, 6.45) is 3.60. The number of hydrogen-bond donors (Lipinski definition) is 3. The van der Waals surface area contributed by atoms with Crippen molar-refractivity contribution < 1.29 is 4.79 Å². The molecule has 2 aromatic heterocycles. The van der Waals surface area contributed by atoms with Gasteiger partial charge in [-0.2, -0.15) is 0 Å². The quantitative estimate of drug-likeness (QED) is 0.721. The molecule has 3 heterocycles. The van der Waals surface area contributed by atoms with Crippen molar-refractivity contribution in [3.63, 3.8) is 0 Å². The smallest absolute Gasteiger partial charge is 0.326 e. The van der Waals surface area contributed by atoms with E-state index in [9.17, 15) is 14.4 Å². The fourth-order valence-electron chi connectivity index (χ4n) is 2.95. The Hall–Kier alpha value is -2.77. The van der Waals surface area contributed by atoms with Crippen LogP contribution >= 0.6 is 0 Å². The molecule has 1 aliphatic rings. The molecule has 8 nitrogen and oxygen atoms in total. The molecule has 0 aliphatic carbocycles. The van der Waals surface area contributed by atoms with Crippen LogP contribution < -0.4 is 17.0 Å². The highest BCUT2D eigenvalue weighted by atomic mass is 16.2. The second kappa shape index (κ2) is 5.21. The first kappa shape index (κ1) is 14.2. The molecule has 1 saturated heterocycles. The lowest BCUT2D eigenvalue weighted by Crippen LogP contribution is -2.36. The highest BCUT2D eigenvalue weighted by molar-refractivity contribution is 5.97. The number of H-pyrrole nitrogens is 2. The summed E-state index contributed by atoms with van der Waals surface area (Å²) in [5.74, 6) is -0.426. The van der Waals surface area contributed by atoms with Gasteiger partial charge in [-0.15, -0.1) is 0 Å². The fourth-order valence-corrected chi connectivity index (χ4v) is 2.95. The number of aryl methyl sites for hydroxylation is 1. The third-order valence-corrected chi connectivity index (χ3v) is 4.03. The fraction of sp³-hybridized carbons (Fsp3) is 0.357. The summed E-state index contributed by atoms with van der Waals surface area (Å²) in [6, 6.07) is 3.79. The van der Waals surface area contributed by atoms with E-state index in [4.69, 9.17) is 5.73 Å². The number of nitrogen functional groups attached to an aromatic ring is 1. The molecule has 0 saturated carbocycles. The first-order chi connectivity index (χ1) is 10.5. The molecule has 8 heteroatoms. The number of rotatable bonds is 2. The van der Waals surface area contributed by atoms with Crippen LogP contribution in [0.2, 0.25) is 0 Å². The summed E-state index contributed by atoms with van der Waals surface area (Å²) in [5.41, 5.74) is 4.77. The number of hydrogen-bond acceptors (Lipinski definition) is 4. The number of carbonyl (C=O) groups excluding carboxylic acids is 1. The van der Waals surface area contributed by atoms with Crippen molar-refractivity contribution in [1.82, 2.24) is 19.4 Å². The summed E-state index contributed by atoms with van der Waals surface area (Å²) in [4.78, 5) is 41.7. The second-order valence-corrected chi connectivity index (χ2v) is 5.40. The predicted octanol–water partition coefficient (Wildman–Crippen LogP) is -0.0388. The van der Waals surface area contributed by atoms with Crippen molar-refractivity contribution in [2.24, 2.45) is 7.05 Å². The lowest BCUT2D eigenvalue weighted by atomic mass is 10.1. The van der Waals surface area contributed by atoms with E-state index in [0.29, 0.717) is 6.54 Å². The standard InChI is InChI=1S/C14H17N5O3/c1-18-6-2-4-8(18)9-5-3-7-19(9)13(21)11-10(15)12(20)17-14(22)16-11/h2,4,6,9H,3,5,7,15H2,1H3,(H2,16,17,20,22). The number of amides is 1. The van der Waals surface area contributed by atoms with E-state index in [2.05, 4.69) is 4.98 Å². The molecular formula is C14H17N5O3. The summed E-state index contributed by atoms with van der Waals surface area (Å²) in [7, 11) is 1.92. The van der Waals surface area contributed by atoms with Crippen LogP contribution in [0, 0.1) is 0 Å². The molecule has 0 radical (unpaired) electrons. The van der Waals surface area contributed by atoms with Gasteiger partial charge in [0.1, 0.15) is 11.4 Å². The molecule has 0 spiro atoms. The predicted molar refractivity (Wildman–Crippen MR) is 80.5 cm³/mol. The zero-order valence-electron chi connectivity index (χ0n) is 12.1. The van der Waals surface area contributed by atoms with Crippen LogP contribution in [-0.2, 0) is 7.05 Å². The van der Waals surface area contributed by atoms with E-state index < -0.39 is 17.2 Å². The highest BCUT2D eigenvalue weighted by Gasteiger charge is 2.33. The van der Waals surface area contributed by atoms with Crippen LogP contribution in [0.1, 0.15) is 35.1 Å². The Labute approximate surface area is 125 Å². The Morgan fingerprint density at radius 1 is 1.36 bits per heavy atom. The van der Waals surface area contributed by atoms with Crippen molar-refractivity contribution in [1.29, 1.82) is 0 Å². The average Bonchev–Trinajstić information content (AvgIpc) is 3.10. The average molecular weight is 303 g/mol. The molecule has 2 aromatic rings. The van der Waals surface area contributed by atoms with Gasteiger partial charge in [-0.3, -0.25) is 14.6 Å². The van der Waals surface area contributed by atoms with Gasteiger partial charge in [-0.1, -0.05) is 0 Å². The topological polar surface area (TPSA) is 117 Å². The van der Waals surface area contributed by atoms with Gasteiger partial charge in [-0.05, 0) is 25.0 Å². The molecule has 0 bridgehead atoms. The number of aromatic amines is 2. The maximum absolute atomic E-state index is 12.7. The summed E-state index contributed by atoms with van der Waals surface area (Å²) in [6.45, 7) is 0.558. The van der Waals surface area contributed by atoms with Crippen LogP contribution in [-0.4, -0.2) is 31.9 Å². The molecule has 1 fully saturated rings. The SMILES string of the molecule is Cn1cccc1C1CCCN1C(=O)c1[nH]c(=O)[nH]c(=O)c1N. The maximum atomic E-state index is 12.7. The number of nitrogens with zero attached hydrogens (tertiary/aromatic N) is 2. The minimum absolute atomic E-state index is 0.0883. The van der Waals surface area contributed by atoms with Crippen LogP contribution in [0.3, 0.4) is 0 Å². The molecular weight excluding hydrogens is 286 g/mol. The van der Waals surface area contributed by atoms with E-state index in [1.54, 1.807) is 4.90 Å². The zero-order valence-corrected chi connectivity index (χ0v) is 12.1. The van der Waals surface area contributed by atoms with Crippen LogP contribution in [0.4, 0.5) is 5.69 Å². The highest BCUT2D eigenvalue weighted by Crippen LogP contribution is 2.33. The summed E-state index contributed by atoms with van der Waals surface area (Å²) < 4.78 is 1.96. The van der Waals surface area contributed by atoms with Gasteiger partial charge in [0.25, 0.3) is 11.5 Å². The minimum Gasteiger partial charge on any atom is -0.392 e. The first-order valence-electron chi connectivity index (χ1n) is 7.03. The van der Waals surface area contributed by atoms with Gasteiger partial charge in [0.15, 0.2) is 0 Å². The van der Waals surface area contributed by atoms with E-state index in [1.165, 1.54) is 0 Å². The Balaban J connectivity index is 2.00. The van der Waals surface area contributed by atoms with Crippen molar-refractivity contribution in [3.8, 4) is 0 Å². The molecule has 1 amide bonds. The van der Waals surface area contributed by atoms with Crippen molar-refractivity contribution in [3.05, 3.63) is 50.6 Å². The van der Waals surface area contributed by atoms with Gasteiger partial charge in [0, 0.05) is 25.5 Å². The monoisotopic (exact) mass is 303 g/mol. The van der Waals surface area contributed by atoms with E-state index in [-0.39, 0.29) is 17.4 Å². The number of carbonyl (C=O) groups is 1. The minimum atomic E-state index is -0.748. The lowest BCUT2D eigenvalue weighted by molar-refractivity contribution is 0.0725. The number of likely N-dealkylation sites (tertiary alicyclic amines) is 1. The lowest BCUT2D eigenvalue weighted by Gasteiger charge is -2.25. The molecule has 4 N–H and O–H groups in total. The third kappa shape index (κ3) is 2.22. The molecule has 1 aliphatic heterocycles. The Morgan fingerprint density at radius 3 is 2.82 bits per heavy atom. The van der Waals surface area contributed by atoms with Gasteiger partial charge in [0.2, 0.25) is 0 Å². The number of nitrogens with one attached hydrogen (secondary N) is 2. The Bertz CT molecular complexity index is 831. The molecule has 1 unspecified atom stereocenters. The van der Waals surface area contributed by atoms with Gasteiger partial charge >= 0.3 is 5.69 Å². The van der Waals surface area contributed by atoms with Crippen LogP contribution in [0.5, 0.6) is 0 Å². The van der Waals surface area contributed by atoms with Crippen molar-refractivity contribution in [2.75, 3.05) is 12.3 Å². The van der Waals surface area contributed by atoms with Crippen LogP contribution in [0.25, 0.3) is 0 Å². The number of anilines is 1. The van der Waals surface area contributed by atoms with Gasteiger partial charge < -0.3 is 20.2 Å². The molecule has 116 valence electrons. The summed E-state index contributed by atoms with van der Waals surface area (Å²) >= 11 is 0. The Kier molecular flexibility index (Phi) is 3.36. The second-order valence-electron chi connectivity index (χ2n) is 5.40. The molecule has 0 aromatic carbocycles. The number of nitrogens with two attached hydrogens (primary N) is 1. The normalized spacial score (nSPS) is 17.9. The third-order valence-electron chi connectivity index (χ3n) is 4.03. The first-order valence-corrected chi connectivity index (χ1v) is 7.03. The van der Waals surface area contributed by atoms with E-state index in [0.717, 1.165) is 18.5 Å².